The Morgan fingerprint density at radius 3 is 2.50 bits per heavy atom. The number of methoxy groups -OCH3 is 1. The number of esters is 2. The highest BCUT2D eigenvalue weighted by Gasteiger charge is 2.70. The quantitative estimate of drug-likeness (QED) is 0.605. The number of rotatable bonds is 3. The van der Waals surface area contributed by atoms with Crippen molar-refractivity contribution < 1.29 is 34.1 Å². The molecule has 0 aromatic rings. The lowest BCUT2D eigenvalue weighted by Crippen LogP contribution is -2.64. The van der Waals surface area contributed by atoms with Gasteiger partial charge in [-0.3, -0.25) is 9.59 Å². The first kappa shape index (κ1) is 25.1. The molecule has 0 unspecified atom stereocenters. The zero-order chi connectivity index (χ0) is 25.3. The van der Waals surface area contributed by atoms with Gasteiger partial charge in [0, 0.05) is 16.7 Å². The number of hydrogen-bond acceptors (Lipinski definition) is 7. The van der Waals surface area contributed by atoms with Crippen molar-refractivity contribution >= 4 is 17.7 Å². The third-order valence-electron chi connectivity index (χ3n) is 9.40. The summed E-state index contributed by atoms with van der Waals surface area (Å²) in [6.45, 7) is 9.08. The minimum atomic E-state index is -1.66. The summed E-state index contributed by atoms with van der Waals surface area (Å²) in [4.78, 5) is 37.6. The van der Waals surface area contributed by atoms with Crippen molar-refractivity contribution in [2.24, 2.45) is 34.0 Å². The fourth-order valence-corrected chi connectivity index (χ4v) is 7.53. The van der Waals surface area contributed by atoms with Gasteiger partial charge in [-0.2, -0.15) is 0 Å². The molecule has 2 N–H and O–H groups in total. The second kappa shape index (κ2) is 8.02. The molecular weight excluding hydrogens is 436 g/mol. The Bertz CT molecular complexity index is 959. The molecule has 4 rings (SSSR count). The lowest BCUT2D eigenvalue weighted by atomic mass is 9.46. The predicted octanol–water partition coefficient (Wildman–Crippen LogP) is 3.13. The Kier molecular flexibility index (Phi) is 5.92. The van der Waals surface area contributed by atoms with Crippen LogP contribution < -0.4 is 0 Å². The summed E-state index contributed by atoms with van der Waals surface area (Å²) in [5.41, 5.74) is -2.73. The molecule has 3 saturated carbocycles. The normalized spacial score (nSPS) is 42.1. The first-order valence-corrected chi connectivity index (χ1v) is 12.3. The van der Waals surface area contributed by atoms with Crippen molar-refractivity contribution in [1.29, 1.82) is 0 Å². The molecule has 0 aromatic carbocycles. The fraction of sp³-hybridized carbons (Fsp3) is 0.741. The van der Waals surface area contributed by atoms with Crippen molar-refractivity contribution in [3.8, 4) is 0 Å². The standard InChI is InChI=1S/C27H38O7/c1-24(2,3)23(31)34-21(22(30)33-6)27(32)12-10-18-17-8-7-15-13-16(28)9-11-25(15,4)20(17)19(29)14-26(18,27)5/h9,11,13,17-21,29,32H,7-8,10,12,14H2,1-6H3/t17-,18-,19-,20+,21-,25-,26-,27-/m0/s1. The summed E-state index contributed by atoms with van der Waals surface area (Å²) in [5.74, 6) is -1.36. The molecule has 0 bridgehead atoms. The largest absolute Gasteiger partial charge is 0.466 e. The van der Waals surface area contributed by atoms with Gasteiger partial charge in [-0.25, -0.2) is 4.79 Å². The number of hydrogen-bond donors (Lipinski definition) is 2. The Labute approximate surface area is 201 Å². The van der Waals surface area contributed by atoms with Crippen LogP contribution in [0.4, 0.5) is 0 Å². The average molecular weight is 475 g/mol. The molecule has 0 aliphatic heterocycles. The van der Waals surface area contributed by atoms with E-state index in [-0.39, 0.29) is 36.4 Å². The van der Waals surface area contributed by atoms with Crippen LogP contribution in [-0.2, 0) is 23.9 Å². The summed E-state index contributed by atoms with van der Waals surface area (Å²) in [6.07, 6.45) is 5.77. The third kappa shape index (κ3) is 3.49. The van der Waals surface area contributed by atoms with Gasteiger partial charge in [0.2, 0.25) is 6.10 Å². The SMILES string of the molecule is COC(=O)[C@H](OC(=O)C(C)(C)C)[C@@]1(O)CC[C@H]2[C@@H]3CCC4=CC(=O)C=C[C@]4(C)[C@H]3[C@@H](O)C[C@@]21C. The molecule has 0 radical (unpaired) electrons. The van der Waals surface area contributed by atoms with Crippen LogP contribution in [0.5, 0.6) is 0 Å². The first-order valence-electron chi connectivity index (χ1n) is 12.3. The van der Waals surface area contributed by atoms with E-state index in [0.29, 0.717) is 6.42 Å². The Morgan fingerprint density at radius 1 is 1.21 bits per heavy atom. The summed E-state index contributed by atoms with van der Waals surface area (Å²) in [5, 5.41) is 23.6. The minimum absolute atomic E-state index is 0.0158. The molecule has 3 fully saturated rings. The van der Waals surface area contributed by atoms with Crippen LogP contribution >= 0.6 is 0 Å². The van der Waals surface area contributed by atoms with Crippen molar-refractivity contribution in [1.82, 2.24) is 0 Å². The van der Waals surface area contributed by atoms with Gasteiger partial charge in [0.15, 0.2) is 5.78 Å². The van der Waals surface area contributed by atoms with Crippen LogP contribution in [0.3, 0.4) is 0 Å². The minimum Gasteiger partial charge on any atom is -0.466 e. The van der Waals surface area contributed by atoms with Gasteiger partial charge in [-0.05, 0) is 76.9 Å². The highest BCUT2D eigenvalue weighted by atomic mass is 16.6. The van der Waals surface area contributed by atoms with Crippen LogP contribution in [0.2, 0.25) is 0 Å². The lowest BCUT2D eigenvalue weighted by Gasteiger charge is -2.60. The maximum atomic E-state index is 12.8. The molecule has 0 aromatic heterocycles. The van der Waals surface area contributed by atoms with Crippen LogP contribution in [0.1, 0.15) is 66.7 Å². The second-order valence-corrected chi connectivity index (χ2v) is 12.2. The van der Waals surface area contributed by atoms with Gasteiger partial charge in [-0.15, -0.1) is 0 Å². The second-order valence-electron chi connectivity index (χ2n) is 12.2. The van der Waals surface area contributed by atoms with E-state index in [9.17, 15) is 24.6 Å². The molecular formula is C27H38O7. The van der Waals surface area contributed by atoms with E-state index >= 15 is 0 Å². The zero-order valence-electron chi connectivity index (χ0n) is 21.1. The van der Waals surface area contributed by atoms with E-state index in [0.717, 1.165) is 18.4 Å². The summed E-state index contributed by atoms with van der Waals surface area (Å²) in [6, 6.07) is 0. The molecule has 4 aliphatic rings. The topological polar surface area (TPSA) is 110 Å². The van der Waals surface area contributed by atoms with Crippen molar-refractivity contribution in [3.63, 3.8) is 0 Å². The zero-order valence-corrected chi connectivity index (χ0v) is 21.1. The van der Waals surface area contributed by atoms with E-state index in [4.69, 9.17) is 9.47 Å². The maximum absolute atomic E-state index is 12.8. The number of fused-ring (bicyclic) bond motifs is 5. The van der Waals surface area contributed by atoms with Gasteiger partial charge in [0.05, 0.1) is 18.6 Å². The predicted molar refractivity (Wildman–Crippen MR) is 124 cm³/mol. The van der Waals surface area contributed by atoms with Crippen molar-refractivity contribution in [3.05, 3.63) is 23.8 Å². The van der Waals surface area contributed by atoms with Crippen molar-refractivity contribution in [2.45, 2.75) is 84.5 Å². The van der Waals surface area contributed by atoms with E-state index < -0.39 is 46.0 Å². The third-order valence-corrected chi connectivity index (χ3v) is 9.40. The number of ether oxygens (including phenoxy) is 2. The van der Waals surface area contributed by atoms with Gasteiger partial charge < -0.3 is 19.7 Å². The number of allylic oxidation sites excluding steroid dienone is 4. The number of aliphatic hydroxyl groups is 2. The average Bonchev–Trinajstić information content (AvgIpc) is 3.01. The Hall–Kier alpha value is -1.99. The van der Waals surface area contributed by atoms with E-state index in [1.807, 2.05) is 13.0 Å². The summed E-state index contributed by atoms with van der Waals surface area (Å²) < 4.78 is 10.6. The van der Waals surface area contributed by atoms with Gasteiger partial charge in [-0.1, -0.05) is 25.5 Å². The molecule has 4 aliphatic carbocycles. The molecule has 0 heterocycles. The fourth-order valence-electron chi connectivity index (χ4n) is 7.53. The molecule has 7 nitrogen and oxygen atoms in total. The van der Waals surface area contributed by atoms with Crippen molar-refractivity contribution in [2.75, 3.05) is 7.11 Å². The van der Waals surface area contributed by atoms with Gasteiger partial charge in [0.25, 0.3) is 0 Å². The van der Waals surface area contributed by atoms with E-state index in [1.165, 1.54) is 7.11 Å². The highest BCUT2D eigenvalue weighted by Crippen LogP contribution is 2.67. The highest BCUT2D eigenvalue weighted by molar-refractivity contribution is 6.01. The van der Waals surface area contributed by atoms with E-state index in [2.05, 4.69) is 6.92 Å². The molecule has 0 saturated heterocycles. The number of carbonyl (C=O) groups is 3. The van der Waals surface area contributed by atoms with Crippen LogP contribution in [0.25, 0.3) is 0 Å². The van der Waals surface area contributed by atoms with Crippen LogP contribution in [0.15, 0.2) is 23.8 Å². The molecule has 7 heteroatoms. The monoisotopic (exact) mass is 474 g/mol. The number of aliphatic hydroxyl groups excluding tert-OH is 1. The molecule has 34 heavy (non-hydrogen) atoms. The van der Waals surface area contributed by atoms with Gasteiger partial charge in [0.1, 0.15) is 5.60 Å². The Morgan fingerprint density at radius 2 is 1.88 bits per heavy atom. The van der Waals surface area contributed by atoms with E-state index in [1.54, 1.807) is 32.9 Å². The lowest BCUT2D eigenvalue weighted by molar-refractivity contribution is -0.221. The van der Waals surface area contributed by atoms with Gasteiger partial charge >= 0.3 is 11.9 Å². The van der Waals surface area contributed by atoms with Crippen LogP contribution in [-0.4, -0.2) is 52.9 Å². The molecule has 8 atom stereocenters. The summed E-state index contributed by atoms with van der Waals surface area (Å²) >= 11 is 0. The maximum Gasteiger partial charge on any atom is 0.350 e. The summed E-state index contributed by atoms with van der Waals surface area (Å²) in [7, 11) is 1.22. The molecule has 188 valence electrons. The molecule has 0 spiro atoms. The number of carbonyl (C=O) groups excluding carboxylic acids is 3. The Balaban J connectivity index is 1.71. The first-order chi connectivity index (χ1) is 15.7. The molecule has 0 amide bonds. The number of ketones is 1. The van der Waals surface area contributed by atoms with Crippen LogP contribution in [0, 0.1) is 34.0 Å². The smallest absolute Gasteiger partial charge is 0.350 e.